The van der Waals surface area contributed by atoms with Gasteiger partial charge in [-0.3, -0.25) is 4.79 Å². The van der Waals surface area contributed by atoms with Crippen LogP contribution in [0.15, 0.2) is 12.1 Å². The first-order valence-electron chi connectivity index (χ1n) is 4.48. The first-order chi connectivity index (χ1) is 7.47. The Morgan fingerprint density at radius 3 is 2.38 bits per heavy atom. The Morgan fingerprint density at radius 2 is 1.88 bits per heavy atom. The molecule has 0 atom stereocenters. The molecule has 0 aliphatic rings. The highest BCUT2D eigenvalue weighted by molar-refractivity contribution is 6.38. The number of carboxylic acid groups (broad SMARTS) is 1. The normalized spacial score (nSPS) is 9.94. The molecule has 0 saturated carbocycles. The summed E-state index contributed by atoms with van der Waals surface area (Å²) in [7, 11) is 0. The summed E-state index contributed by atoms with van der Waals surface area (Å²) in [4.78, 5) is 22.2. The fourth-order valence-corrected chi connectivity index (χ4v) is 1.55. The van der Waals surface area contributed by atoms with E-state index in [1.165, 1.54) is 12.1 Å². The molecule has 2 N–H and O–H groups in total. The molecular weight excluding hydrogens is 253 g/mol. The fourth-order valence-electron chi connectivity index (χ4n) is 1.11. The maximum absolute atomic E-state index is 11.2. The van der Waals surface area contributed by atoms with E-state index in [0.29, 0.717) is 0 Å². The van der Waals surface area contributed by atoms with E-state index >= 15 is 0 Å². The van der Waals surface area contributed by atoms with Crippen molar-refractivity contribution in [2.75, 3.05) is 5.32 Å². The van der Waals surface area contributed by atoms with Crippen LogP contribution in [0.25, 0.3) is 0 Å². The van der Waals surface area contributed by atoms with E-state index in [9.17, 15) is 9.59 Å². The minimum Gasteiger partial charge on any atom is -0.478 e. The van der Waals surface area contributed by atoms with Crippen LogP contribution in [0.4, 0.5) is 5.69 Å². The van der Waals surface area contributed by atoms with Crippen LogP contribution in [0.2, 0.25) is 10.0 Å². The van der Waals surface area contributed by atoms with E-state index in [1.54, 1.807) is 6.92 Å². The number of halogens is 2. The number of benzene rings is 1. The average Bonchev–Trinajstić information content (AvgIpc) is 2.22. The van der Waals surface area contributed by atoms with Crippen molar-refractivity contribution in [3.8, 4) is 0 Å². The van der Waals surface area contributed by atoms with Crippen molar-refractivity contribution in [2.24, 2.45) is 0 Å². The monoisotopic (exact) mass is 261 g/mol. The van der Waals surface area contributed by atoms with Crippen LogP contribution >= 0.6 is 23.2 Å². The lowest BCUT2D eigenvalue weighted by Gasteiger charge is -2.10. The summed E-state index contributed by atoms with van der Waals surface area (Å²) >= 11 is 11.5. The maximum Gasteiger partial charge on any atom is 0.339 e. The van der Waals surface area contributed by atoms with Gasteiger partial charge in [0.15, 0.2) is 0 Å². The summed E-state index contributed by atoms with van der Waals surface area (Å²) in [5.74, 6) is -1.56. The second kappa shape index (κ2) is 5.18. The highest BCUT2D eigenvalue weighted by atomic mass is 35.5. The molecule has 0 aliphatic carbocycles. The Morgan fingerprint density at radius 1 is 1.31 bits per heavy atom. The topological polar surface area (TPSA) is 66.4 Å². The molecule has 1 rings (SSSR count). The van der Waals surface area contributed by atoms with E-state index in [1.807, 2.05) is 0 Å². The maximum atomic E-state index is 11.2. The zero-order valence-electron chi connectivity index (χ0n) is 8.38. The molecule has 0 saturated heterocycles. The third kappa shape index (κ3) is 2.65. The van der Waals surface area contributed by atoms with E-state index in [4.69, 9.17) is 28.3 Å². The number of rotatable bonds is 3. The molecule has 0 fully saturated rings. The Bertz CT molecular complexity index is 446. The quantitative estimate of drug-likeness (QED) is 0.879. The Hall–Kier alpha value is -1.26. The standard InChI is InChI=1S/C10H9Cl2NO3/c1-2-7(14)13-9-6(12)4-3-5(11)8(9)10(15)16/h3-4H,2H2,1H3,(H,13,14)(H,15,16). The SMILES string of the molecule is CCC(=O)Nc1c(Cl)ccc(Cl)c1C(=O)O. The second-order valence-electron chi connectivity index (χ2n) is 2.99. The summed E-state index contributed by atoms with van der Waals surface area (Å²) in [6, 6.07) is 2.80. The predicted molar refractivity (Wildman–Crippen MR) is 62.3 cm³/mol. The van der Waals surface area contributed by atoms with Gasteiger partial charge >= 0.3 is 5.97 Å². The molecule has 4 nitrogen and oxygen atoms in total. The van der Waals surface area contributed by atoms with Crippen LogP contribution in [0.1, 0.15) is 23.7 Å². The van der Waals surface area contributed by atoms with Crippen molar-refractivity contribution in [3.63, 3.8) is 0 Å². The van der Waals surface area contributed by atoms with Gasteiger partial charge in [0.2, 0.25) is 5.91 Å². The van der Waals surface area contributed by atoms with E-state index < -0.39 is 5.97 Å². The van der Waals surface area contributed by atoms with Gasteiger partial charge < -0.3 is 10.4 Å². The molecule has 86 valence electrons. The molecule has 0 aliphatic heterocycles. The molecule has 0 spiro atoms. The van der Waals surface area contributed by atoms with Crippen molar-refractivity contribution in [2.45, 2.75) is 13.3 Å². The van der Waals surface area contributed by atoms with Crippen LogP contribution < -0.4 is 5.32 Å². The van der Waals surface area contributed by atoms with Crippen LogP contribution in [-0.2, 0) is 4.79 Å². The lowest BCUT2D eigenvalue weighted by atomic mass is 10.1. The summed E-state index contributed by atoms with van der Waals surface area (Å²) in [5, 5.41) is 11.5. The zero-order valence-corrected chi connectivity index (χ0v) is 9.89. The summed E-state index contributed by atoms with van der Waals surface area (Å²) in [6.45, 7) is 1.65. The molecule has 0 unspecified atom stereocenters. The third-order valence-electron chi connectivity index (χ3n) is 1.90. The molecule has 0 aromatic heterocycles. The minimum atomic E-state index is -1.24. The molecular formula is C10H9Cl2NO3. The van der Waals surface area contributed by atoms with Crippen molar-refractivity contribution in [1.29, 1.82) is 0 Å². The van der Waals surface area contributed by atoms with Crippen molar-refractivity contribution < 1.29 is 14.7 Å². The minimum absolute atomic E-state index is 0.0308. The van der Waals surface area contributed by atoms with Crippen molar-refractivity contribution in [3.05, 3.63) is 27.7 Å². The summed E-state index contributed by atoms with van der Waals surface area (Å²) in [6.07, 6.45) is 0.224. The molecule has 1 aromatic carbocycles. The fraction of sp³-hybridized carbons (Fsp3) is 0.200. The number of hydrogen-bond donors (Lipinski definition) is 2. The van der Waals surface area contributed by atoms with Gasteiger partial charge in [-0.15, -0.1) is 0 Å². The van der Waals surface area contributed by atoms with E-state index in [2.05, 4.69) is 5.32 Å². The molecule has 0 radical (unpaired) electrons. The van der Waals surface area contributed by atoms with Gasteiger partial charge in [-0.25, -0.2) is 4.79 Å². The summed E-state index contributed by atoms with van der Waals surface area (Å²) < 4.78 is 0. The van der Waals surface area contributed by atoms with Gasteiger partial charge in [-0.05, 0) is 12.1 Å². The highest BCUT2D eigenvalue weighted by Crippen LogP contribution is 2.31. The number of carbonyl (C=O) groups is 2. The highest BCUT2D eigenvalue weighted by Gasteiger charge is 2.18. The van der Waals surface area contributed by atoms with Gasteiger partial charge in [0.05, 0.1) is 15.7 Å². The van der Waals surface area contributed by atoms with Crippen LogP contribution in [0.5, 0.6) is 0 Å². The number of hydrogen-bond acceptors (Lipinski definition) is 2. The Kier molecular flexibility index (Phi) is 4.15. The van der Waals surface area contributed by atoms with Crippen molar-refractivity contribution >= 4 is 40.8 Å². The lowest BCUT2D eigenvalue weighted by molar-refractivity contribution is -0.115. The van der Waals surface area contributed by atoms with Gasteiger partial charge in [-0.2, -0.15) is 0 Å². The van der Waals surface area contributed by atoms with Crippen LogP contribution in [0.3, 0.4) is 0 Å². The molecule has 0 heterocycles. The van der Waals surface area contributed by atoms with E-state index in [0.717, 1.165) is 0 Å². The zero-order chi connectivity index (χ0) is 12.3. The summed E-state index contributed by atoms with van der Waals surface area (Å²) in [5.41, 5.74) is -0.163. The predicted octanol–water partition coefficient (Wildman–Crippen LogP) is 3.04. The van der Waals surface area contributed by atoms with Gasteiger partial charge in [0.25, 0.3) is 0 Å². The van der Waals surface area contributed by atoms with Crippen LogP contribution in [0, 0.1) is 0 Å². The van der Waals surface area contributed by atoms with Crippen molar-refractivity contribution in [1.82, 2.24) is 0 Å². The van der Waals surface area contributed by atoms with E-state index in [-0.39, 0.29) is 33.6 Å². The number of carbonyl (C=O) groups excluding carboxylic acids is 1. The number of carboxylic acids is 1. The third-order valence-corrected chi connectivity index (χ3v) is 2.53. The first-order valence-corrected chi connectivity index (χ1v) is 5.24. The molecule has 1 amide bonds. The molecule has 16 heavy (non-hydrogen) atoms. The molecule has 6 heteroatoms. The Balaban J connectivity index is 3.28. The smallest absolute Gasteiger partial charge is 0.339 e. The first kappa shape index (κ1) is 12.8. The van der Waals surface area contributed by atoms with Gasteiger partial charge in [0, 0.05) is 6.42 Å². The number of amides is 1. The Labute approximate surface area is 102 Å². The molecule has 0 bridgehead atoms. The average molecular weight is 262 g/mol. The molecule has 1 aromatic rings. The largest absolute Gasteiger partial charge is 0.478 e. The number of anilines is 1. The number of aromatic carboxylic acids is 1. The second-order valence-corrected chi connectivity index (χ2v) is 3.80. The lowest BCUT2D eigenvalue weighted by Crippen LogP contribution is -2.14. The number of nitrogens with one attached hydrogen (secondary N) is 1. The van der Waals surface area contributed by atoms with Gasteiger partial charge in [0.1, 0.15) is 5.56 Å². The van der Waals surface area contributed by atoms with Crippen LogP contribution in [-0.4, -0.2) is 17.0 Å². The van der Waals surface area contributed by atoms with Gasteiger partial charge in [-0.1, -0.05) is 30.1 Å².